The van der Waals surface area contributed by atoms with E-state index in [0.29, 0.717) is 34.6 Å². The molecule has 0 fully saturated rings. The highest BCUT2D eigenvalue weighted by Crippen LogP contribution is 2.38. The van der Waals surface area contributed by atoms with E-state index < -0.39 is 11.1 Å². The van der Waals surface area contributed by atoms with Gasteiger partial charge >= 0.3 is 6.18 Å². The number of hydrogen-bond donors (Lipinski definition) is 1. The zero-order valence-corrected chi connectivity index (χ0v) is 13.3. The van der Waals surface area contributed by atoms with Crippen molar-refractivity contribution in [2.24, 2.45) is 0 Å². The summed E-state index contributed by atoms with van der Waals surface area (Å²) < 4.78 is 38.2. The zero-order valence-electron chi connectivity index (χ0n) is 11.7. The highest BCUT2D eigenvalue weighted by atomic mass is 35.5. The number of H-pyrrole nitrogens is 1. The maximum absolute atomic E-state index is 12.7. The molecule has 1 aliphatic rings. The molecule has 0 radical (unpaired) electrons. The molecule has 0 amide bonds. The Hall–Kier alpha value is -1.73. The number of thiazole rings is 1. The van der Waals surface area contributed by atoms with Gasteiger partial charge in [0.2, 0.25) is 0 Å². The Balaban J connectivity index is 1.69. The van der Waals surface area contributed by atoms with E-state index in [9.17, 15) is 13.2 Å². The molecule has 3 nitrogen and oxygen atoms in total. The molecule has 0 saturated heterocycles. The zero-order chi connectivity index (χ0) is 16.2. The summed E-state index contributed by atoms with van der Waals surface area (Å²) in [7, 11) is 0. The summed E-state index contributed by atoms with van der Waals surface area (Å²) in [5.41, 5.74) is 3.19. The van der Waals surface area contributed by atoms with Crippen LogP contribution in [0.25, 0.3) is 10.9 Å². The molecule has 0 unspecified atom stereocenters. The van der Waals surface area contributed by atoms with Gasteiger partial charge in [-0.25, -0.2) is 4.98 Å². The number of fused-ring (bicyclic) bond motifs is 3. The van der Waals surface area contributed by atoms with Crippen LogP contribution in [0.1, 0.15) is 16.1 Å². The number of anilines is 1. The van der Waals surface area contributed by atoms with E-state index in [1.165, 1.54) is 0 Å². The standard InChI is InChI=1S/C15H11ClF3N3S/c16-8-1-2-11-9(5-8)10-7-22(4-3-12(10)21-11)14-20-6-13(23-14)15(17,18)19/h1-2,5-6,21H,3-4,7H2. The lowest BCUT2D eigenvalue weighted by Crippen LogP contribution is -2.29. The van der Waals surface area contributed by atoms with Crippen LogP contribution < -0.4 is 4.90 Å². The van der Waals surface area contributed by atoms with Crippen LogP contribution in [0.15, 0.2) is 24.4 Å². The fourth-order valence-corrected chi connectivity index (χ4v) is 3.87. The van der Waals surface area contributed by atoms with Crippen LogP contribution >= 0.6 is 22.9 Å². The molecule has 3 aromatic rings. The minimum absolute atomic E-state index is 0.402. The van der Waals surface area contributed by atoms with Crippen LogP contribution in [0.4, 0.5) is 18.3 Å². The topological polar surface area (TPSA) is 31.9 Å². The number of aromatic nitrogens is 2. The van der Waals surface area contributed by atoms with E-state index in [-0.39, 0.29) is 0 Å². The van der Waals surface area contributed by atoms with E-state index >= 15 is 0 Å². The summed E-state index contributed by atoms with van der Waals surface area (Å²) >= 11 is 6.75. The summed E-state index contributed by atoms with van der Waals surface area (Å²) in [6, 6.07) is 5.63. The van der Waals surface area contributed by atoms with E-state index in [1.807, 2.05) is 23.1 Å². The number of hydrogen-bond acceptors (Lipinski definition) is 3. The van der Waals surface area contributed by atoms with Gasteiger partial charge in [-0.1, -0.05) is 22.9 Å². The third-order valence-corrected chi connectivity index (χ3v) is 5.32. The van der Waals surface area contributed by atoms with Crippen molar-refractivity contribution in [3.8, 4) is 0 Å². The van der Waals surface area contributed by atoms with Crippen LogP contribution in [-0.4, -0.2) is 16.5 Å². The SMILES string of the molecule is FC(F)(F)c1cnc(N2CCc3[nH]c4ccc(Cl)cc4c3C2)s1. The Morgan fingerprint density at radius 3 is 2.87 bits per heavy atom. The second kappa shape index (κ2) is 5.14. The van der Waals surface area contributed by atoms with Crippen LogP contribution in [0.5, 0.6) is 0 Å². The van der Waals surface area contributed by atoms with Crippen molar-refractivity contribution >= 4 is 39.0 Å². The third-order valence-electron chi connectivity index (χ3n) is 3.98. The smallest absolute Gasteiger partial charge is 0.358 e. The quantitative estimate of drug-likeness (QED) is 0.674. The van der Waals surface area contributed by atoms with Gasteiger partial charge < -0.3 is 9.88 Å². The Bertz CT molecular complexity index is 884. The number of alkyl halides is 3. The molecule has 0 aliphatic carbocycles. The van der Waals surface area contributed by atoms with E-state index in [1.54, 1.807) is 0 Å². The molecule has 3 heterocycles. The molecule has 23 heavy (non-hydrogen) atoms. The van der Waals surface area contributed by atoms with Gasteiger partial charge in [0.05, 0.1) is 6.20 Å². The van der Waals surface area contributed by atoms with Crippen molar-refractivity contribution in [3.63, 3.8) is 0 Å². The van der Waals surface area contributed by atoms with Crippen LogP contribution in [0.3, 0.4) is 0 Å². The monoisotopic (exact) mass is 357 g/mol. The van der Waals surface area contributed by atoms with Crippen molar-refractivity contribution in [1.29, 1.82) is 0 Å². The normalized spacial score (nSPS) is 15.2. The minimum Gasteiger partial charge on any atom is -0.358 e. The molecule has 1 aliphatic heterocycles. The number of aromatic amines is 1. The molecule has 120 valence electrons. The molecule has 4 rings (SSSR count). The molecular formula is C15H11ClF3N3S. The number of nitrogens with zero attached hydrogens (tertiary/aromatic N) is 2. The van der Waals surface area contributed by atoms with E-state index in [0.717, 1.165) is 34.8 Å². The average molecular weight is 358 g/mol. The van der Waals surface area contributed by atoms with Gasteiger partial charge in [0.25, 0.3) is 0 Å². The summed E-state index contributed by atoms with van der Waals surface area (Å²) in [5, 5.41) is 2.06. The molecule has 1 aromatic carbocycles. The first-order valence-corrected chi connectivity index (χ1v) is 8.18. The van der Waals surface area contributed by atoms with Crippen LogP contribution in [0.2, 0.25) is 5.02 Å². The predicted octanol–water partition coefficient (Wildman–Crippen LogP) is 4.86. The highest BCUT2D eigenvalue weighted by molar-refractivity contribution is 7.15. The Morgan fingerprint density at radius 2 is 2.13 bits per heavy atom. The summed E-state index contributed by atoms with van der Waals surface area (Å²) in [5.74, 6) is 0. The van der Waals surface area contributed by atoms with Crippen molar-refractivity contribution in [1.82, 2.24) is 9.97 Å². The summed E-state index contributed by atoms with van der Waals surface area (Å²) in [4.78, 5) is 8.53. The van der Waals surface area contributed by atoms with Crippen molar-refractivity contribution in [3.05, 3.63) is 45.6 Å². The first-order chi connectivity index (χ1) is 10.9. The molecule has 0 bridgehead atoms. The van der Waals surface area contributed by atoms with Crippen molar-refractivity contribution in [2.75, 3.05) is 11.4 Å². The lowest BCUT2D eigenvalue weighted by atomic mass is 10.1. The number of nitrogens with one attached hydrogen (secondary N) is 1. The average Bonchev–Trinajstić information content (AvgIpc) is 3.10. The van der Waals surface area contributed by atoms with E-state index in [4.69, 9.17) is 11.6 Å². The van der Waals surface area contributed by atoms with E-state index in [2.05, 4.69) is 9.97 Å². The second-order valence-corrected chi connectivity index (χ2v) is 6.89. The first-order valence-electron chi connectivity index (χ1n) is 6.99. The number of benzene rings is 1. The van der Waals surface area contributed by atoms with Gasteiger partial charge in [-0.3, -0.25) is 0 Å². The maximum atomic E-state index is 12.7. The maximum Gasteiger partial charge on any atom is 0.427 e. The molecule has 1 N–H and O–H groups in total. The highest BCUT2D eigenvalue weighted by Gasteiger charge is 2.34. The van der Waals surface area contributed by atoms with Crippen LogP contribution in [0, 0.1) is 0 Å². The van der Waals surface area contributed by atoms with Crippen molar-refractivity contribution < 1.29 is 13.2 Å². The largest absolute Gasteiger partial charge is 0.427 e. The Labute approximate surface area is 138 Å². The molecule has 0 spiro atoms. The fourth-order valence-electron chi connectivity index (χ4n) is 2.89. The van der Waals surface area contributed by atoms with Gasteiger partial charge in [0.1, 0.15) is 4.88 Å². The lowest BCUT2D eigenvalue weighted by Gasteiger charge is -2.26. The number of halogens is 4. The molecule has 0 saturated carbocycles. The molecule has 0 atom stereocenters. The molecular weight excluding hydrogens is 347 g/mol. The lowest BCUT2D eigenvalue weighted by molar-refractivity contribution is -0.134. The fraction of sp³-hybridized carbons (Fsp3) is 0.267. The van der Waals surface area contributed by atoms with Gasteiger partial charge in [0.15, 0.2) is 5.13 Å². The number of rotatable bonds is 1. The molecule has 8 heteroatoms. The Kier molecular flexibility index (Phi) is 3.32. The van der Waals surface area contributed by atoms with Gasteiger partial charge in [-0.2, -0.15) is 13.2 Å². The third kappa shape index (κ3) is 2.57. The van der Waals surface area contributed by atoms with Gasteiger partial charge in [-0.05, 0) is 18.2 Å². The van der Waals surface area contributed by atoms with Crippen LogP contribution in [-0.2, 0) is 19.1 Å². The summed E-state index contributed by atoms with van der Waals surface area (Å²) in [6.07, 6.45) is -2.70. The minimum atomic E-state index is -4.34. The Morgan fingerprint density at radius 1 is 1.30 bits per heavy atom. The van der Waals surface area contributed by atoms with Gasteiger partial charge in [-0.15, -0.1) is 0 Å². The summed E-state index contributed by atoms with van der Waals surface area (Å²) in [6.45, 7) is 1.17. The van der Waals surface area contributed by atoms with Gasteiger partial charge in [0, 0.05) is 46.7 Å². The molecule has 2 aromatic heterocycles. The van der Waals surface area contributed by atoms with Crippen molar-refractivity contribution in [2.45, 2.75) is 19.1 Å². The second-order valence-electron chi connectivity index (χ2n) is 5.45. The predicted molar refractivity (Wildman–Crippen MR) is 85.2 cm³/mol. The first kappa shape index (κ1) is 14.8.